The Morgan fingerprint density at radius 3 is 1.83 bits per heavy atom. The van der Waals surface area contributed by atoms with Crippen molar-refractivity contribution in [2.24, 2.45) is 11.5 Å². The van der Waals surface area contributed by atoms with E-state index in [0.29, 0.717) is 6.29 Å². The van der Waals surface area contributed by atoms with Crippen LogP contribution in [-0.4, -0.2) is 11.9 Å². The van der Waals surface area contributed by atoms with Gasteiger partial charge >= 0.3 is 0 Å². The number of rotatable bonds is 1. The van der Waals surface area contributed by atoms with Crippen molar-refractivity contribution >= 4 is 6.29 Å². The average molecular weight is 88.1 g/mol. The van der Waals surface area contributed by atoms with Gasteiger partial charge in [-0.3, -0.25) is 4.79 Å². The summed E-state index contributed by atoms with van der Waals surface area (Å²) >= 11 is 0. The molecule has 0 heterocycles. The van der Waals surface area contributed by atoms with Crippen LogP contribution in [0.25, 0.3) is 0 Å². The van der Waals surface area contributed by atoms with Crippen molar-refractivity contribution in [3.63, 3.8) is 0 Å². The van der Waals surface area contributed by atoms with E-state index >= 15 is 0 Å². The van der Waals surface area contributed by atoms with Crippen LogP contribution in [0.15, 0.2) is 0 Å². The topological polar surface area (TPSA) is 69.1 Å². The van der Waals surface area contributed by atoms with Gasteiger partial charge < -0.3 is 11.5 Å². The van der Waals surface area contributed by atoms with Crippen molar-refractivity contribution in [3.05, 3.63) is 0 Å². The maximum atomic E-state index is 9.58. The van der Waals surface area contributed by atoms with E-state index in [1.54, 1.807) is 0 Å². The fourth-order valence-corrected chi connectivity index (χ4v) is 0. The first-order valence-electron chi connectivity index (χ1n) is 1.60. The van der Waals surface area contributed by atoms with Crippen molar-refractivity contribution in [1.82, 2.24) is 0 Å². The Kier molecular flexibility index (Phi) is 1.27. The number of carbonyl (C=O) groups excluding carboxylic acids is 1. The highest BCUT2D eigenvalue weighted by Crippen LogP contribution is 1.73. The molecule has 0 aliphatic rings. The van der Waals surface area contributed by atoms with Crippen LogP contribution in [0.1, 0.15) is 6.92 Å². The molecule has 0 aromatic rings. The van der Waals surface area contributed by atoms with E-state index < -0.39 is 5.66 Å². The standard InChI is InChI=1S/C3H8N2O/c1-3(4,5)2-6/h2H,4-5H2,1H3. The van der Waals surface area contributed by atoms with E-state index in [-0.39, 0.29) is 0 Å². The molecule has 0 bridgehead atoms. The van der Waals surface area contributed by atoms with Crippen LogP contribution in [0.4, 0.5) is 0 Å². The molecular weight excluding hydrogens is 80.0 g/mol. The summed E-state index contributed by atoms with van der Waals surface area (Å²) in [5.74, 6) is 0. The number of nitrogens with two attached hydrogens (primary N) is 2. The van der Waals surface area contributed by atoms with Crippen LogP contribution in [0.5, 0.6) is 0 Å². The molecule has 0 unspecified atom stereocenters. The Balaban J connectivity index is 3.45. The Hall–Kier alpha value is -0.410. The van der Waals surface area contributed by atoms with Crippen molar-refractivity contribution in [1.29, 1.82) is 0 Å². The molecule has 0 amide bonds. The van der Waals surface area contributed by atoms with Gasteiger partial charge in [-0.1, -0.05) is 0 Å². The fourth-order valence-electron chi connectivity index (χ4n) is 0. The van der Waals surface area contributed by atoms with Gasteiger partial charge in [-0.2, -0.15) is 0 Å². The maximum absolute atomic E-state index is 9.58. The van der Waals surface area contributed by atoms with Gasteiger partial charge in [0.1, 0.15) is 5.66 Å². The van der Waals surface area contributed by atoms with Crippen LogP contribution >= 0.6 is 0 Å². The van der Waals surface area contributed by atoms with Gasteiger partial charge in [0.2, 0.25) is 0 Å². The summed E-state index contributed by atoms with van der Waals surface area (Å²) in [6.07, 6.45) is 0.493. The highest BCUT2D eigenvalue weighted by atomic mass is 16.1. The molecule has 0 saturated heterocycles. The lowest BCUT2D eigenvalue weighted by Crippen LogP contribution is -2.47. The third-order valence-corrected chi connectivity index (χ3v) is 0.254. The molecule has 0 aromatic heterocycles. The summed E-state index contributed by atoms with van der Waals surface area (Å²) in [5, 5.41) is 0. The van der Waals surface area contributed by atoms with Crippen molar-refractivity contribution < 1.29 is 4.79 Å². The van der Waals surface area contributed by atoms with Crippen molar-refractivity contribution in [2.45, 2.75) is 12.6 Å². The maximum Gasteiger partial charge on any atom is 0.153 e. The number of aldehydes is 1. The monoisotopic (exact) mass is 88.1 g/mol. The Labute approximate surface area is 36.3 Å². The summed E-state index contributed by atoms with van der Waals surface area (Å²) in [5.41, 5.74) is 8.75. The second-order valence-corrected chi connectivity index (χ2v) is 1.48. The molecule has 0 radical (unpaired) electrons. The van der Waals surface area contributed by atoms with Crippen molar-refractivity contribution in [3.8, 4) is 0 Å². The number of hydrogen-bond donors (Lipinski definition) is 2. The van der Waals surface area contributed by atoms with E-state index in [9.17, 15) is 4.79 Å². The molecule has 4 N–H and O–H groups in total. The summed E-state index contributed by atoms with van der Waals surface area (Å²) in [4.78, 5) is 9.58. The quantitative estimate of drug-likeness (QED) is 0.313. The van der Waals surface area contributed by atoms with Gasteiger partial charge in [0.25, 0.3) is 0 Å². The van der Waals surface area contributed by atoms with Gasteiger partial charge in [-0.25, -0.2) is 0 Å². The second-order valence-electron chi connectivity index (χ2n) is 1.48. The van der Waals surface area contributed by atoms with E-state index in [0.717, 1.165) is 0 Å². The minimum absolute atomic E-state index is 0.493. The molecule has 0 spiro atoms. The summed E-state index contributed by atoms with van der Waals surface area (Å²) in [7, 11) is 0. The fraction of sp³-hybridized carbons (Fsp3) is 0.667. The van der Waals surface area contributed by atoms with Crippen LogP contribution < -0.4 is 11.5 Å². The number of hydrogen-bond acceptors (Lipinski definition) is 3. The molecule has 3 heteroatoms. The van der Waals surface area contributed by atoms with Crippen molar-refractivity contribution in [2.75, 3.05) is 0 Å². The molecule has 0 saturated carbocycles. The van der Waals surface area contributed by atoms with E-state index in [1.165, 1.54) is 6.92 Å². The van der Waals surface area contributed by atoms with E-state index in [4.69, 9.17) is 11.5 Å². The Morgan fingerprint density at radius 1 is 1.67 bits per heavy atom. The van der Waals surface area contributed by atoms with Gasteiger partial charge in [0.05, 0.1) is 0 Å². The van der Waals surface area contributed by atoms with Gasteiger partial charge in [-0.05, 0) is 6.92 Å². The smallest absolute Gasteiger partial charge is 0.153 e. The summed E-state index contributed by atoms with van der Waals surface area (Å²) < 4.78 is 0. The van der Waals surface area contributed by atoms with Gasteiger partial charge in [0.15, 0.2) is 6.29 Å². The third-order valence-electron chi connectivity index (χ3n) is 0.254. The lowest BCUT2D eigenvalue weighted by Gasteiger charge is -2.05. The molecule has 36 valence electrons. The SMILES string of the molecule is CC(N)(N)C=O. The summed E-state index contributed by atoms with van der Waals surface area (Å²) in [6.45, 7) is 1.43. The minimum atomic E-state index is -1.14. The molecule has 3 nitrogen and oxygen atoms in total. The second kappa shape index (κ2) is 1.36. The molecule has 0 aromatic carbocycles. The molecular formula is C3H8N2O. The Morgan fingerprint density at radius 2 is 1.83 bits per heavy atom. The zero-order valence-electron chi connectivity index (χ0n) is 3.64. The first-order chi connectivity index (χ1) is 2.56. The molecule has 6 heavy (non-hydrogen) atoms. The molecule has 0 aliphatic heterocycles. The lowest BCUT2D eigenvalue weighted by atomic mass is 10.3. The normalized spacial score (nSPS) is 11.2. The third kappa shape index (κ3) is 3.59. The van der Waals surface area contributed by atoms with E-state index in [2.05, 4.69) is 0 Å². The van der Waals surface area contributed by atoms with Crippen LogP contribution in [-0.2, 0) is 4.79 Å². The molecule has 0 atom stereocenters. The first-order valence-corrected chi connectivity index (χ1v) is 1.60. The highest BCUT2D eigenvalue weighted by molar-refractivity contribution is 5.61. The van der Waals surface area contributed by atoms with Crippen LogP contribution in [0.3, 0.4) is 0 Å². The first kappa shape index (κ1) is 5.59. The molecule has 0 aliphatic carbocycles. The lowest BCUT2D eigenvalue weighted by molar-refractivity contribution is -0.111. The number of carbonyl (C=O) groups is 1. The van der Waals surface area contributed by atoms with Crippen LogP contribution in [0, 0.1) is 0 Å². The largest absolute Gasteiger partial charge is 0.308 e. The molecule has 0 fully saturated rings. The predicted octanol–water partition coefficient (Wildman–Crippen LogP) is -1.18. The Bertz CT molecular complexity index is 54.3. The predicted molar refractivity (Wildman–Crippen MR) is 22.8 cm³/mol. The minimum Gasteiger partial charge on any atom is -0.308 e. The van der Waals surface area contributed by atoms with Gasteiger partial charge in [-0.15, -0.1) is 0 Å². The highest BCUT2D eigenvalue weighted by Gasteiger charge is 2.05. The zero-order valence-corrected chi connectivity index (χ0v) is 3.64. The average Bonchev–Trinajstić information content (AvgIpc) is 1.35. The van der Waals surface area contributed by atoms with Crippen LogP contribution in [0.2, 0.25) is 0 Å². The zero-order chi connectivity index (χ0) is 5.21. The van der Waals surface area contributed by atoms with E-state index in [1.807, 2.05) is 0 Å². The van der Waals surface area contributed by atoms with Gasteiger partial charge in [0, 0.05) is 0 Å². The molecule has 0 rings (SSSR count). The summed E-state index contributed by atoms with van der Waals surface area (Å²) in [6, 6.07) is 0.